The Morgan fingerprint density at radius 3 is 2.74 bits per heavy atom. The predicted molar refractivity (Wildman–Crippen MR) is 79.8 cm³/mol. The summed E-state index contributed by atoms with van der Waals surface area (Å²) in [4.78, 5) is 8.94. The summed E-state index contributed by atoms with van der Waals surface area (Å²) in [6.45, 7) is 1.94. The smallest absolute Gasteiger partial charge is 0.300 e. The van der Waals surface area contributed by atoms with Crippen molar-refractivity contribution < 1.29 is 22.1 Å². The van der Waals surface area contributed by atoms with E-state index in [1.807, 2.05) is 6.92 Å². The first-order valence-electron chi connectivity index (χ1n) is 5.07. The van der Waals surface area contributed by atoms with Crippen molar-refractivity contribution in [1.82, 2.24) is 0 Å². The van der Waals surface area contributed by atoms with Gasteiger partial charge in [0.2, 0.25) is 8.03 Å². The molecule has 1 unspecified atom stereocenters. The molecule has 5 nitrogen and oxygen atoms in total. The highest BCUT2D eigenvalue weighted by atomic mass is 35.5. The lowest BCUT2D eigenvalue weighted by molar-refractivity contribution is 0.354. The van der Waals surface area contributed by atoms with Crippen molar-refractivity contribution in [3.63, 3.8) is 0 Å². The average Bonchev–Trinajstić information content (AvgIpc) is 2.33. The molecule has 0 aromatic heterocycles. The molecule has 1 N–H and O–H groups in total. The zero-order chi connectivity index (χ0) is 14.5. The number of halogens is 1. The van der Waals surface area contributed by atoms with Crippen LogP contribution in [-0.2, 0) is 18.9 Å². The summed E-state index contributed by atoms with van der Waals surface area (Å²) >= 11 is 5.89. The van der Waals surface area contributed by atoms with Crippen LogP contribution in [0.25, 0.3) is 0 Å². The lowest BCUT2D eigenvalue weighted by Crippen LogP contribution is -2.08. The second-order valence-electron chi connectivity index (χ2n) is 3.17. The fourth-order valence-corrected chi connectivity index (χ4v) is 5.69. The second-order valence-corrected chi connectivity index (χ2v) is 8.83. The molecule has 1 atom stereocenters. The standard InChI is InChI=1S/C9H12ClO5PS3/c1-2-17-18-8-5-3-4-7(10)9(8)19(13,14)15-6-16(11)12/h3-5,16H,2,6H2,1H3,(H,11,12). The van der Waals surface area contributed by atoms with Crippen molar-refractivity contribution in [2.24, 2.45) is 0 Å². The third-order valence-electron chi connectivity index (χ3n) is 1.78. The molecule has 19 heavy (non-hydrogen) atoms. The van der Waals surface area contributed by atoms with E-state index in [9.17, 15) is 13.0 Å². The summed E-state index contributed by atoms with van der Waals surface area (Å²) in [5.41, 5.74) is 0. The van der Waals surface area contributed by atoms with E-state index in [2.05, 4.69) is 4.18 Å². The topological polar surface area (TPSA) is 80.7 Å². The highest BCUT2D eigenvalue weighted by molar-refractivity contribution is 8.76. The van der Waals surface area contributed by atoms with Gasteiger partial charge in [0.1, 0.15) is 11.2 Å². The molecule has 0 radical (unpaired) electrons. The number of benzene rings is 1. The Hall–Kier alpha value is 0.310. The Morgan fingerprint density at radius 2 is 2.16 bits per heavy atom. The van der Waals surface area contributed by atoms with E-state index in [1.54, 1.807) is 12.1 Å². The van der Waals surface area contributed by atoms with Crippen LogP contribution in [0, 0.1) is 0 Å². The van der Waals surface area contributed by atoms with E-state index in [1.165, 1.54) is 27.7 Å². The van der Waals surface area contributed by atoms with Gasteiger partial charge in [-0.1, -0.05) is 46.2 Å². The van der Waals surface area contributed by atoms with Crippen LogP contribution >= 0.6 is 41.2 Å². The largest absolute Gasteiger partial charge is 0.345 e. The van der Waals surface area contributed by atoms with Gasteiger partial charge in [0.25, 0.3) is 10.1 Å². The van der Waals surface area contributed by atoms with Crippen LogP contribution in [0.5, 0.6) is 0 Å². The van der Waals surface area contributed by atoms with Crippen molar-refractivity contribution in [2.75, 3.05) is 12.1 Å². The highest BCUT2D eigenvalue weighted by Gasteiger charge is 2.24. The lowest BCUT2D eigenvalue weighted by Gasteiger charge is -2.10. The van der Waals surface area contributed by atoms with E-state index < -0.39 is 24.5 Å². The SMILES string of the molecule is CCSSc1cccc(Cl)c1S(=O)(=O)OC[PH](=O)O. The highest BCUT2D eigenvalue weighted by Crippen LogP contribution is 2.39. The van der Waals surface area contributed by atoms with Gasteiger partial charge in [-0.2, -0.15) is 8.42 Å². The summed E-state index contributed by atoms with van der Waals surface area (Å²) < 4.78 is 39.1. The van der Waals surface area contributed by atoms with Gasteiger partial charge in [-0.25, -0.2) is 0 Å². The van der Waals surface area contributed by atoms with E-state index in [4.69, 9.17) is 16.5 Å². The number of rotatable bonds is 7. The molecule has 0 spiro atoms. The molecule has 0 aliphatic rings. The van der Waals surface area contributed by atoms with E-state index in [-0.39, 0.29) is 9.92 Å². The molecule has 0 bridgehead atoms. The molecule has 0 saturated carbocycles. The molecule has 1 aromatic rings. The molecule has 0 heterocycles. The monoisotopic (exact) mass is 362 g/mol. The van der Waals surface area contributed by atoms with E-state index in [0.717, 1.165) is 5.75 Å². The van der Waals surface area contributed by atoms with Crippen molar-refractivity contribution in [1.29, 1.82) is 0 Å². The Bertz CT molecular complexity index is 563. The van der Waals surface area contributed by atoms with Gasteiger partial charge in [-0.3, -0.25) is 8.75 Å². The fourth-order valence-electron chi connectivity index (χ4n) is 1.11. The molecule has 10 heteroatoms. The summed E-state index contributed by atoms with van der Waals surface area (Å²) in [5, 5.41) is 0.0271. The molecule has 1 aromatic carbocycles. The Labute approximate surface area is 125 Å². The maximum absolute atomic E-state index is 12.0. The zero-order valence-corrected chi connectivity index (χ0v) is 14.0. The van der Waals surface area contributed by atoms with Crippen LogP contribution in [0.1, 0.15) is 6.92 Å². The first-order valence-corrected chi connectivity index (χ1v) is 10.7. The van der Waals surface area contributed by atoms with Gasteiger partial charge in [-0.05, 0) is 12.1 Å². The van der Waals surface area contributed by atoms with Gasteiger partial charge in [0.15, 0.2) is 0 Å². The summed E-state index contributed by atoms with van der Waals surface area (Å²) in [6, 6.07) is 4.67. The molecule has 0 aliphatic carbocycles. The van der Waals surface area contributed by atoms with Crippen LogP contribution in [-0.4, -0.2) is 25.4 Å². The Morgan fingerprint density at radius 1 is 1.47 bits per heavy atom. The van der Waals surface area contributed by atoms with Gasteiger partial charge in [0, 0.05) is 10.6 Å². The predicted octanol–water partition coefficient (Wildman–Crippen LogP) is 3.23. The number of hydrogen-bond acceptors (Lipinski definition) is 6. The van der Waals surface area contributed by atoms with Crippen molar-refractivity contribution in [2.45, 2.75) is 16.7 Å². The minimum Gasteiger partial charge on any atom is -0.345 e. The molecule has 0 aliphatic heterocycles. The minimum absolute atomic E-state index is 0.0271. The first kappa shape index (κ1) is 17.4. The van der Waals surface area contributed by atoms with Crippen molar-refractivity contribution >= 4 is 51.3 Å². The Balaban J connectivity index is 3.12. The van der Waals surface area contributed by atoms with E-state index in [0.29, 0.717) is 4.90 Å². The van der Waals surface area contributed by atoms with Crippen LogP contribution in [0.15, 0.2) is 28.0 Å². The van der Waals surface area contributed by atoms with Gasteiger partial charge < -0.3 is 4.89 Å². The van der Waals surface area contributed by atoms with Crippen LogP contribution in [0.4, 0.5) is 0 Å². The molecule has 0 amide bonds. The van der Waals surface area contributed by atoms with Crippen LogP contribution in [0.3, 0.4) is 0 Å². The molecular weight excluding hydrogens is 351 g/mol. The molecule has 1 rings (SSSR count). The van der Waals surface area contributed by atoms with Gasteiger partial charge >= 0.3 is 0 Å². The first-order chi connectivity index (χ1) is 8.88. The molecule has 0 fully saturated rings. The average molecular weight is 363 g/mol. The van der Waals surface area contributed by atoms with E-state index >= 15 is 0 Å². The maximum atomic E-state index is 12.0. The normalized spacial score (nSPS) is 13.4. The van der Waals surface area contributed by atoms with Crippen LogP contribution < -0.4 is 0 Å². The maximum Gasteiger partial charge on any atom is 0.300 e. The number of hydrogen-bond donors (Lipinski definition) is 1. The van der Waals surface area contributed by atoms with Gasteiger partial charge in [0.05, 0.1) is 5.02 Å². The molecule has 0 saturated heterocycles. The third kappa shape index (κ3) is 5.30. The third-order valence-corrected chi connectivity index (χ3v) is 6.78. The summed E-state index contributed by atoms with van der Waals surface area (Å²) in [7, 11) is -4.45. The van der Waals surface area contributed by atoms with Crippen molar-refractivity contribution in [3.05, 3.63) is 23.2 Å². The van der Waals surface area contributed by atoms with Crippen molar-refractivity contribution in [3.8, 4) is 0 Å². The fraction of sp³-hybridized carbons (Fsp3) is 0.333. The second kappa shape index (κ2) is 7.93. The Kier molecular flexibility index (Phi) is 7.24. The zero-order valence-electron chi connectivity index (χ0n) is 9.83. The summed E-state index contributed by atoms with van der Waals surface area (Å²) in [5.74, 6) is 0.794. The van der Waals surface area contributed by atoms with Gasteiger partial charge in [-0.15, -0.1) is 0 Å². The molecule has 108 valence electrons. The minimum atomic E-state index is -4.15. The lowest BCUT2D eigenvalue weighted by atomic mass is 10.4. The summed E-state index contributed by atoms with van der Waals surface area (Å²) in [6.07, 6.45) is -0.747. The molecular formula is C9H12ClO5PS3. The van der Waals surface area contributed by atoms with Crippen LogP contribution in [0.2, 0.25) is 5.02 Å². The quantitative estimate of drug-likeness (QED) is 0.453.